The highest BCUT2D eigenvalue weighted by molar-refractivity contribution is 5.36. The minimum absolute atomic E-state index is 0.137. The first-order valence-corrected chi connectivity index (χ1v) is 5.41. The van der Waals surface area contributed by atoms with E-state index in [0.29, 0.717) is 12.3 Å². The van der Waals surface area contributed by atoms with Crippen molar-refractivity contribution in [2.45, 2.75) is 26.7 Å². The van der Waals surface area contributed by atoms with Crippen molar-refractivity contribution in [2.24, 2.45) is 5.92 Å². The molecule has 0 atom stereocenters. The fraction of sp³-hybridized carbons (Fsp3) is 0.429. The molecule has 0 heterocycles. The second kappa shape index (κ2) is 6.27. The lowest BCUT2D eigenvalue weighted by Crippen LogP contribution is -1.93. The summed E-state index contributed by atoms with van der Waals surface area (Å²) in [6.07, 6.45) is 1.66. The van der Waals surface area contributed by atoms with Crippen molar-refractivity contribution in [2.75, 3.05) is 6.61 Å². The van der Waals surface area contributed by atoms with Gasteiger partial charge in [0.05, 0.1) is 6.61 Å². The third-order valence-corrected chi connectivity index (χ3v) is 2.07. The molecule has 0 saturated carbocycles. The summed E-state index contributed by atoms with van der Waals surface area (Å²) < 4.78 is 0. The molecule has 0 amide bonds. The van der Waals surface area contributed by atoms with Gasteiger partial charge in [-0.1, -0.05) is 37.8 Å². The molecule has 1 N–H and O–H groups in total. The summed E-state index contributed by atoms with van der Waals surface area (Å²) in [5.74, 6) is 6.62. The molecule has 0 aliphatic carbocycles. The molecule has 80 valence electrons. The van der Waals surface area contributed by atoms with Gasteiger partial charge in [-0.2, -0.15) is 0 Å². The van der Waals surface area contributed by atoms with Gasteiger partial charge in [0.1, 0.15) is 0 Å². The number of hydrogen-bond acceptors (Lipinski definition) is 1. The van der Waals surface area contributed by atoms with Crippen LogP contribution in [0.2, 0.25) is 0 Å². The van der Waals surface area contributed by atoms with Crippen LogP contribution < -0.4 is 0 Å². The zero-order valence-corrected chi connectivity index (χ0v) is 9.46. The van der Waals surface area contributed by atoms with E-state index in [0.717, 1.165) is 12.0 Å². The lowest BCUT2D eigenvalue weighted by atomic mass is 10.0. The molecule has 0 unspecified atom stereocenters. The number of aliphatic hydroxyl groups is 1. The Hall–Kier alpha value is -1.26. The Morgan fingerprint density at radius 1 is 1.20 bits per heavy atom. The highest BCUT2D eigenvalue weighted by Gasteiger charge is 1.96. The van der Waals surface area contributed by atoms with Crippen LogP contribution in [0.15, 0.2) is 24.3 Å². The van der Waals surface area contributed by atoms with E-state index in [1.54, 1.807) is 0 Å². The van der Waals surface area contributed by atoms with Gasteiger partial charge in [0.2, 0.25) is 0 Å². The van der Waals surface area contributed by atoms with Gasteiger partial charge in [-0.15, -0.1) is 0 Å². The zero-order chi connectivity index (χ0) is 11.1. The summed E-state index contributed by atoms with van der Waals surface area (Å²) >= 11 is 0. The van der Waals surface area contributed by atoms with Gasteiger partial charge >= 0.3 is 0 Å². The smallest absolute Gasteiger partial charge is 0.0540 e. The SMILES string of the molecule is CC(C)Cc1ccc(C#CCCO)cc1. The van der Waals surface area contributed by atoms with E-state index in [2.05, 4.69) is 37.8 Å². The van der Waals surface area contributed by atoms with Crippen molar-refractivity contribution in [1.82, 2.24) is 0 Å². The molecule has 0 radical (unpaired) electrons. The molecule has 15 heavy (non-hydrogen) atoms. The Kier molecular flexibility index (Phi) is 4.93. The van der Waals surface area contributed by atoms with E-state index in [-0.39, 0.29) is 6.61 Å². The molecule has 1 nitrogen and oxygen atoms in total. The number of rotatable bonds is 3. The molecule has 0 aliphatic heterocycles. The van der Waals surface area contributed by atoms with Gasteiger partial charge in [0, 0.05) is 12.0 Å². The van der Waals surface area contributed by atoms with Crippen molar-refractivity contribution >= 4 is 0 Å². The molecule has 1 rings (SSSR count). The average molecular weight is 202 g/mol. The minimum atomic E-state index is 0.137. The second-order valence-electron chi connectivity index (χ2n) is 4.07. The van der Waals surface area contributed by atoms with Gasteiger partial charge in [-0.3, -0.25) is 0 Å². The number of aliphatic hydroxyl groups excluding tert-OH is 1. The normalized spacial score (nSPS) is 9.87. The summed E-state index contributed by atoms with van der Waals surface area (Å²) in [5, 5.41) is 8.59. The maximum Gasteiger partial charge on any atom is 0.0540 e. The summed E-state index contributed by atoms with van der Waals surface area (Å²) in [7, 11) is 0. The largest absolute Gasteiger partial charge is 0.395 e. The molecule has 0 fully saturated rings. The summed E-state index contributed by atoms with van der Waals surface area (Å²) in [6.45, 7) is 4.57. The Labute approximate surface area is 92.1 Å². The Balaban J connectivity index is 2.61. The molecule has 0 spiro atoms. The first-order valence-electron chi connectivity index (χ1n) is 5.41. The van der Waals surface area contributed by atoms with E-state index >= 15 is 0 Å². The predicted molar refractivity (Wildman–Crippen MR) is 63.6 cm³/mol. The standard InChI is InChI=1S/C14H18O/c1-12(2)11-14-8-6-13(7-9-14)5-3-4-10-15/h6-9,12,15H,4,10-11H2,1-2H3. The van der Waals surface area contributed by atoms with Crippen LogP contribution >= 0.6 is 0 Å². The van der Waals surface area contributed by atoms with Crippen molar-refractivity contribution in [3.05, 3.63) is 35.4 Å². The van der Waals surface area contributed by atoms with Gasteiger partial charge in [-0.05, 0) is 30.0 Å². The van der Waals surface area contributed by atoms with Crippen LogP contribution in [-0.2, 0) is 6.42 Å². The van der Waals surface area contributed by atoms with Crippen LogP contribution in [0.1, 0.15) is 31.4 Å². The van der Waals surface area contributed by atoms with E-state index in [1.165, 1.54) is 5.56 Å². The highest BCUT2D eigenvalue weighted by Crippen LogP contribution is 2.09. The molecule has 0 aliphatic rings. The van der Waals surface area contributed by atoms with Crippen LogP contribution in [0.25, 0.3) is 0 Å². The van der Waals surface area contributed by atoms with Crippen molar-refractivity contribution in [3.63, 3.8) is 0 Å². The lowest BCUT2D eigenvalue weighted by Gasteiger charge is -2.03. The van der Waals surface area contributed by atoms with Crippen molar-refractivity contribution < 1.29 is 5.11 Å². The Morgan fingerprint density at radius 2 is 1.87 bits per heavy atom. The van der Waals surface area contributed by atoms with E-state index in [9.17, 15) is 0 Å². The quantitative estimate of drug-likeness (QED) is 0.747. The van der Waals surface area contributed by atoms with Crippen LogP contribution in [-0.4, -0.2) is 11.7 Å². The molecular formula is C14H18O. The van der Waals surface area contributed by atoms with Gasteiger partial charge in [0.15, 0.2) is 0 Å². The van der Waals surface area contributed by atoms with Gasteiger partial charge < -0.3 is 5.11 Å². The lowest BCUT2D eigenvalue weighted by molar-refractivity contribution is 0.305. The summed E-state index contributed by atoms with van der Waals surface area (Å²) in [5.41, 5.74) is 2.38. The maximum atomic E-state index is 8.59. The molecule has 1 aromatic rings. The zero-order valence-electron chi connectivity index (χ0n) is 9.46. The fourth-order valence-corrected chi connectivity index (χ4v) is 1.42. The number of hydrogen-bond donors (Lipinski definition) is 1. The van der Waals surface area contributed by atoms with E-state index in [4.69, 9.17) is 5.11 Å². The second-order valence-corrected chi connectivity index (χ2v) is 4.07. The third-order valence-electron chi connectivity index (χ3n) is 2.07. The first kappa shape index (κ1) is 11.8. The third kappa shape index (κ3) is 4.67. The maximum absolute atomic E-state index is 8.59. The first-order chi connectivity index (χ1) is 7.22. The Morgan fingerprint density at radius 3 is 2.40 bits per heavy atom. The van der Waals surface area contributed by atoms with E-state index < -0.39 is 0 Å². The molecule has 0 saturated heterocycles. The summed E-state index contributed by atoms with van der Waals surface area (Å²) in [4.78, 5) is 0. The fourth-order valence-electron chi connectivity index (χ4n) is 1.42. The van der Waals surface area contributed by atoms with Gasteiger partial charge in [-0.25, -0.2) is 0 Å². The van der Waals surface area contributed by atoms with Crippen LogP contribution in [0.4, 0.5) is 0 Å². The van der Waals surface area contributed by atoms with Gasteiger partial charge in [0.25, 0.3) is 0 Å². The van der Waals surface area contributed by atoms with Crippen LogP contribution in [0.5, 0.6) is 0 Å². The molecule has 0 bridgehead atoms. The monoisotopic (exact) mass is 202 g/mol. The Bertz CT molecular complexity index is 338. The topological polar surface area (TPSA) is 20.2 Å². The van der Waals surface area contributed by atoms with Crippen LogP contribution in [0.3, 0.4) is 0 Å². The van der Waals surface area contributed by atoms with Crippen molar-refractivity contribution in [1.29, 1.82) is 0 Å². The number of benzene rings is 1. The molecule has 1 aromatic carbocycles. The highest BCUT2D eigenvalue weighted by atomic mass is 16.2. The molecule has 0 aromatic heterocycles. The summed E-state index contributed by atoms with van der Waals surface area (Å²) in [6, 6.07) is 8.34. The van der Waals surface area contributed by atoms with E-state index in [1.807, 2.05) is 12.1 Å². The molecular weight excluding hydrogens is 184 g/mol. The predicted octanol–water partition coefficient (Wildman–Crippen LogP) is 2.62. The molecule has 1 heteroatoms. The average Bonchev–Trinajstić information content (AvgIpc) is 2.20. The minimum Gasteiger partial charge on any atom is -0.395 e. The van der Waals surface area contributed by atoms with Crippen LogP contribution in [0, 0.1) is 17.8 Å². The van der Waals surface area contributed by atoms with Crippen molar-refractivity contribution in [3.8, 4) is 11.8 Å².